The lowest BCUT2D eigenvalue weighted by molar-refractivity contribution is 0.0389. The van der Waals surface area contributed by atoms with Crippen molar-refractivity contribution in [2.45, 2.75) is 58.0 Å². The van der Waals surface area contributed by atoms with E-state index in [2.05, 4.69) is 66.7 Å². The molecular weight excluding hydrogens is 336 g/mol. The van der Waals surface area contributed by atoms with Gasteiger partial charge in [-0.25, -0.2) is 9.97 Å². The third-order valence-electron chi connectivity index (χ3n) is 5.27. The molecule has 1 aromatic heterocycles. The Hall–Kier alpha value is -1.98. The average Bonchev–Trinajstić information content (AvgIpc) is 2.67. The topological polar surface area (TPSA) is 59.1 Å². The van der Waals surface area contributed by atoms with Crippen LogP contribution in [0.2, 0.25) is 0 Å². The van der Waals surface area contributed by atoms with Gasteiger partial charge in [0.15, 0.2) is 0 Å². The Kier molecular flexibility index (Phi) is 6.45. The summed E-state index contributed by atoms with van der Waals surface area (Å²) in [5.74, 6) is 2.12. The van der Waals surface area contributed by atoms with Crippen molar-refractivity contribution in [3.8, 4) is 0 Å². The van der Waals surface area contributed by atoms with Crippen LogP contribution in [-0.2, 0) is 4.74 Å². The van der Waals surface area contributed by atoms with Crippen LogP contribution in [0.5, 0.6) is 0 Å². The van der Waals surface area contributed by atoms with Crippen molar-refractivity contribution >= 4 is 5.82 Å². The normalized spacial score (nSPS) is 17.7. The molecule has 0 saturated carbocycles. The summed E-state index contributed by atoms with van der Waals surface area (Å²) in [6.45, 7) is 10.9. The second kappa shape index (κ2) is 8.81. The first-order valence-corrected chi connectivity index (χ1v) is 9.97. The maximum absolute atomic E-state index is 5.64. The summed E-state index contributed by atoms with van der Waals surface area (Å²) in [6, 6.07) is 12.9. The summed E-state index contributed by atoms with van der Waals surface area (Å²) in [6.07, 6.45) is 1.97. The van der Waals surface area contributed by atoms with Crippen molar-refractivity contribution in [1.82, 2.24) is 15.3 Å². The molecule has 5 nitrogen and oxygen atoms in total. The maximum Gasteiger partial charge on any atom is 0.133 e. The lowest BCUT2D eigenvalue weighted by Gasteiger charge is -2.40. The van der Waals surface area contributed by atoms with Crippen molar-refractivity contribution in [3.63, 3.8) is 0 Å². The zero-order valence-corrected chi connectivity index (χ0v) is 17.0. The number of rotatable bonds is 7. The third kappa shape index (κ3) is 5.27. The van der Waals surface area contributed by atoms with E-state index in [1.165, 1.54) is 5.56 Å². The molecular formula is C22H32N4O. The summed E-state index contributed by atoms with van der Waals surface area (Å²) in [4.78, 5) is 9.25. The number of nitrogens with zero attached hydrogens (tertiary/aromatic N) is 2. The van der Waals surface area contributed by atoms with Gasteiger partial charge in [0.2, 0.25) is 0 Å². The summed E-state index contributed by atoms with van der Waals surface area (Å²) < 4.78 is 5.64. The van der Waals surface area contributed by atoms with Crippen LogP contribution in [0.3, 0.4) is 0 Å². The first kappa shape index (κ1) is 19.8. The molecule has 1 fully saturated rings. The summed E-state index contributed by atoms with van der Waals surface area (Å²) in [5, 5.41) is 7.46. The van der Waals surface area contributed by atoms with E-state index in [4.69, 9.17) is 9.72 Å². The van der Waals surface area contributed by atoms with Gasteiger partial charge in [-0.2, -0.15) is 0 Å². The zero-order chi connectivity index (χ0) is 19.3. The number of hydrogen-bond donors (Lipinski definition) is 2. The Morgan fingerprint density at radius 1 is 1.07 bits per heavy atom. The van der Waals surface area contributed by atoms with Crippen molar-refractivity contribution in [2.24, 2.45) is 0 Å². The van der Waals surface area contributed by atoms with Gasteiger partial charge in [-0.3, -0.25) is 0 Å². The van der Waals surface area contributed by atoms with Crippen LogP contribution >= 0.6 is 0 Å². The lowest BCUT2D eigenvalue weighted by Crippen LogP contribution is -2.54. The van der Waals surface area contributed by atoms with E-state index in [0.29, 0.717) is 5.92 Å². The van der Waals surface area contributed by atoms with Gasteiger partial charge in [-0.15, -0.1) is 0 Å². The number of benzene rings is 1. The third-order valence-corrected chi connectivity index (χ3v) is 5.27. The molecule has 0 bridgehead atoms. The standard InChI is InChI=1S/C22H32N4O/c1-16(2)21-24-17(3)14-20(25-21)23-15-22(10-12-27-13-11-22)26-18(4)19-8-6-5-7-9-19/h5-9,14,16,18,26H,10-13,15H2,1-4H3,(H,23,24,25). The Bertz CT molecular complexity index is 726. The van der Waals surface area contributed by atoms with Gasteiger partial charge in [-0.05, 0) is 32.3 Å². The second-order valence-electron chi connectivity index (χ2n) is 7.93. The fraction of sp³-hybridized carbons (Fsp3) is 0.545. The molecule has 2 aromatic rings. The monoisotopic (exact) mass is 368 g/mol. The largest absolute Gasteiger partial charge is 0.381 e. The van der Waals surface area contributed by atoms with Gasteiger partial charge >= 0.3 is 0 Å². The minimum absolute atomic E-state index is 0.00957. The highest BCUT2D eigenvalue weighted by Crippen LogP contribution is 2.26. The smallest absolute Gasteiger partial charge is 0.133 e. The quantitative estimate of drug-likeness (QED) is 0.766. The maximum atomic E-state index is 5.64. The van der Waals surface area contributed by atoms with Gasteiger partial charge in [0.05, 0.1) is 0 Å². The lowest BCUT2D eigenvalue weighted by atomic mass is 9.88. The number of aromatic nitrogens is 2. The number of ether oxygens (including phenoxy) is 1. The molecule has 1 aliphatic heterocycles. The highest BCUT2D eigenvalue weighted by molar-refractivity contribution is 5.37. The molecule has 0 spiro atoms. The van der Waals surface area contributed by atoms with Crippen molar-refractivity contribution in [1.29, 1.82) is 0 Å². The zero-order valence-electron chi connectivity index (χ0n) is 17.0. The molecule has 1 unspecified atom stereocenters. The van der Waals surface area contributed by atoms with Crippen LogP contribution in [-0.4, -0.2) is 35.3 Å². The first-order chi connectivity index (χ1) is 13.0. The molecule has 0 radical (unpaired) electrons. The highest BCUT2D eigenvalue weighted by Gasteiger charge is 2.34. The summed E-state index contributed by atoms with van der Waals surface area (Å²) >= 11 is 0. The highest BCUT2D eigenvalue weighted by atomic mass is 16.5. The molecule has 0 amide bonds. The number of anilines is 1. The average molecular weight is 369 g/mol. The summed E-state index contributed by atoms with van der Waals surface area (Å²) in [7, 11) is 0. The van der Waals surface area contributed by atoms with Gasteiger partial charge in [0.25, 0.3) is 0 Å². The van der Waals surface area contributed by atoms with Crippen LogP contribution in [0.25, 0.3) is 0 Å². The van der Waals surface area contributed by atoms with E-state index >= 15 is 0 Å². The minimum atomic E-state index is -0.00957. The fourth-order valence-electron chi connectivity index (χ4n) is 3.62. The predicted octanol–water partition coefficient (Wildman–Crippen LogP) is 4.22. The van der Waals surface area contributed by atoms with Gasteiger partial charge in [0.1, 0.15) is 11.6 Å². The van der Waals surface area contributed by atoms with Crippen LogP contribution in [0.15, 0.2) is 36.4 Å². The molecule has 2 heterocycles. The van der Waals surface area contributed by atoms with E-state index in [9.17, 15) is 0 Å². The summed E-state index contributed by atoms with van der Waals surface area (Å²) in [5.41, 5.74) is 2.30. The Morgan fingerprint density at radius 2 is 1.78 bits per heavy atom. The first-order valence-electron chi connectivity index (χ1n) is 9.97. The molecule has 0 aliphatic carbocycles. The molecule has 1 atom stereocenters. The van der Waals surface area contributed by atoms with Crippen LogP contribution in [0.1, 0.15) is 62.7 Å². The molecule has 2 N–H and O–H groups in total. The van der Waals surface area contributed by atoms with Crippen LogP contribution in [0.4, 0.5) is 5.82 Å². The molecule has 1 aromatic carbocycles. The molecule has 3 rings (SSSR count). The van der Waals surface area contributed by atoms with Gasteiger partial charge in [0, 0.05) is 49.0 Å². The van der Waals surface area contributed by atoms with Crippen LogP contribution < -0.4 is 10.6 Å². The van der Waals surface area contributed by atoms with Crippen molar-refractivity contribution in [3.05, 3.63) is 53.5 Å². The molecule has 5 heteroatoms. The molecule has 1 aliphatic rings. The number of hydrogen-bond acceptors (Lipinski definition) is 5. The van der Waals surface area contributed by atoms with E-state index in [-0.39, 0.29) is 11.6 Å². The van der Waals surface area contributed by atoms with E-state index in [1.54, 1.807) is 0 Å². The number of nitrogens with one attached hydrogen (secondary N) is 2. The molecule has 27 heavy (non-hydrogen) atoms. The van der Waals surface area contributed by atoms with Crippen molar-refractivity contribution < 1.29 is 4.74 Å². The fourth-order valence-corrected chi connectivity index (χ4v) is 3.62. The minimum Gasteiger partial charge on any atom is -0.381 e. The second-order valence-corrected chi connectivity index (χ2v) is 7.93. The van der Waals surface area contributed by atoms with E-state index < -0.39 is 0 Å². The van der Waals surface area contributed by atoms with E-state index in [0.717, 1.165) is 49.9 Å². The van der Waals surface area contributed by atoms with Gasteiger partial charge < -0.3 is 15.4 Å². The molecule has 1 saturated heterocycles. The Labute approximate surface area is 163 Å². The van der Waals surface area contributed by atoms with Crippen molar-refractivity contribution in [2.75, 3.05) is 25.1 Å². The Morgan fingerprint density at radius 3 is 2.44 bits per heavy atom. The Balaban J connectivity index is 1.73. The predicted molar refractivity (Wildman–Crippen MR) is 110 cm³/mol. The van der Waals surface area contributed by atoms with Crippen LogP contribution in [0, 0.1) is 6.92 Å². The molecule has 146 valence electrons. The SMILES string of the molecule is Cc1cc(NCC2(NC(C)c3ccccc3)CCOCC2)nc(C(C)C)n1. The van der Waals surface area contributed by atoms with Gasteiger partial charge in [-0.1, -0.05) is 44.2 Å². The number of aryl methyl sites for hydroxylation is 1. The van der Waals surface area contributed by atoms with E-state index in [1.807, 2.05) is 13.0 Å².